The highest BCUT2D eigenvalue weighted by Gasteiger charge is 2.25. The van der Waals surface area contributed by atoms with Gasteiger partial charge in [-0.25, -0.2) is 0 Å². The van der Waals surface area contributed by atoms with Crippen molar-refractivity contribution in [2.45, 2.75) is 31.7 Å². The maximum Gasteiger partial charge on any atom is 0.246 e. The van der Waals surface area contributed by atoms with E-state index in [4.69, 9.17) is 0 Å². The number of halogens is 1. The highest BCUT2D eigenvalue weighted by Crippen LogP contribution is 2.27. The normalized spacial score (nSPS) is 20.0. The standard InChI is InChI=1S/C16H21N3O2.ClH/c20-15(11-18-16(21)13-6-3-4-9-17-13)19-10-8-12-5-1-2-7-14(12)19;/h1-2,5,7,13,17H,3-4,6,8-11H2,(H,18,21);1H. The lowest BCUT2D eigenvalue weighted by Gasteiger charge is -2.23. The molecule has 0 aliphatic carbocycles. The van der Waals surface area contributed by atoms with Crippen molar-refractivity contribution in [3.63, 3.8) is 0 Å². The minimum Gasteiger partial charge on any atom is -0.346 e. The molecule has 0 spiro atoms. The maximum atomic E-state index is 12.3. The van der Waals surface area contributed by atoms with E-state index in [1.807, 2.05) is 24.3 Å². The van der Waals surface area contributed by atoms with E-state index >= 15 is 0 Å². The molecule has 2 amide bonds. The Morgan fingerprint density at radius 2 is 2.09 bits per heavy atom. The molecule has 0 saturated carbocycles. The van der Waals surface area contributed by atoms with E-state index in [0.717, 1.165) is 37.9 Å². The van der Waals surface area contributed by atoms with Gasteiger partial charge in [-0.3, -0.25) is 9.59 Å². The average molecular weight is 324 g/mol. The third-order valence-corrected chi connectivity index (χ3v) is 4.23. The first-order valence-electron chi connectivity index (χ1n) is 7.65. The van der Waals surface area contributed by atoms with Crippen molar-refractivity contribution in [3.8, 4) is 0 Å². The summed E-state index contributed by atoms with van der Waals surface area (Å²) in [6.07, 6.45) is 3.93. The number of piperidine rings is 1. The van der Waals surface area contributed by atoms with Gasteiger partial charge in [-0.15, -0.1) is 12.4 Å². The molecule has 5 nitrogen and oxygen atoms in total. The fourth-order valence-electron chi connectivity index (χ4n) is 3.05. The zero-order chi connectivity index (χ0) is 14.7. The summed E-state index contributed by atoms with van der Waals surface area (Å²) >= 11 is 0. The van der Waals surface area contributed by atoms with Gasteiger partial charge in [0.2, 0.25) is 11.8 Å². The highest BCUT2D eigenvalue weighted by atomic mass is 35.5. The molecule has 2 aliphatic heterocycles. The number of para-hydroxylation sites is 1. The first-order valence-corrected chi connectivity index (χ1v) is 7.65. The lowest BCUT2D eigenvalue weighted by Crippen LogP contribution is -2.49. The van der Waals surface area contributed by atoms with Crippen LogP contribution in [0.15, 0.2) is 24.3 Å². The van der Waals surface area contributed by atoms with Crippen LogP contribution in [0.1, 0.15) is 24.8 Å². The molecule has 120 valence electrons. The Morgan fingerprint density at radius 3 is 2.86 bits per heavy atom. The second-order valence-electron chi connectivity index (χ2n) is 5.64. The van der Waals surface area contributed by atoms with Crippen LogP contribution >= 0.6 is 12.4 Å². The largest absolute Gasteiger partial charge is 0.346 e. The third kappa shape index (κ3) is 3.59. The van der Waals surface area contributed by atoms with Crippen LogP contribution in [0.3, 0.4) is 0 Å². The summed E-state index contributed by atoms with van der Waals surface area (Å²) in [7, 11) is 0. The number of rotatable bonds is 3. The van der Waals surface area contributed by atoms with Crippen LogP contribution in [0.4, 0.5) is 5.69 Å². The van der Waals surface area contributed by atoms with E-state index in [9.17, 15) is 9.59 Å². The van der Waals surface area contributed by atoms with Gasteiger partial charge in [0.1, 0.15) is 0 Å². The van der Waals surface area contributed by atoms with Crippen molar-refractivity contribution in [2.75, 3.05) is 24.5 Å². The second kappa shape index (κ2) is 7.61. The maximum absolute atomic E-state index is 12.3. The molecular formula is C16H22ClN3O2. The molecule has 1 atom stereocenters. The molecule has 3 rings (SSSR count). The molecule has 1 unspecified atom stereocenters. The molecule has 2 heterocycles. The van der Waals surface area contributed by atoms with Crippen LogP contribution in [0, 0.1) is 0 Å². The lowest BCUT2D eigenvalue weighted by atomic mass is 10.0. The first kappa shape index (κ1) is 16.8. The molecule has 0 radical (unpaired) electrons. The summed E-state index contributed by atoms with van der Waals surface area (Å²) in [6, 6.07) is 7.80. The van der Waals surface area contributed by atoms with Gasteiger partial charge in [0.25, 0.3) is 0 Å². The lowest BCUT2D eigenvalue weighted by molar-refractivity contribution is -0.126. The third-order valence-electron chi connectivity index (χ3n) is 4.23. The molecule has 1 fully saturated rings. The van der Waals surface area contributed by atoms with E-state index < -0.39 is 0 Å². The van der Waals surface area contributed by atoms with Crippen LogP contribution in [-0.2, 0) is 16.0 Å². The fourth-order valence-corrected chi connectivity index (χ4v) is 3.05. The van der Waals surface area contributed by atoms with Gasteiger partial charge in [0, 0.05) is 12.2 Å². The Bertz CT molecular complexity index is 544. The van der Waals surface area contributed by atoms with E-state index in [-0.39, 0.29) is 36.8 Å². The molecule has 22 heavy (non-hydrogen) atoms. The van der Waals surface area contributed by atoms with Crippen molar-refractivity contribution in [2.24, 2.45) is 0 Å². The molecule has 2 N–H and O–H groups in total. The van der Waals surface area contributed by atoms with Crippen molar-refractivity contribution >= 4 is 29.9 Å². The summed E-state index contributed by atoms with van der Waals surface area (Å²) < 4.78 is 0. The Balaban J connectivity index is 0.00000176. The molecular weight excluding hydrogens is 302 g/mol. The van der Waals surface area contributed by atoms with Crippen LogP contribution in [0.25, 0.3) is 0 Å². The number of carbonyl (C=O) groups excluding carboxylic acids is 2. The number of hydrogen-bond acceptors (Lipinski definition) is 3. The number of benzene rings is 1. The van der Waals surface area contributed by atoms with Crippen molar-refractivity contribution in [1.29, 1.82) is 0 Å². The SMILES string of the molecule is Cl.O=C(NCC(=O)N1CCc2ccccc21)C1CCCCN1. The van der Waals surface area contributed by atoms with Gasteiger partial charge in [-0.05, 0) is 37.4 Å². The summed E-state index contributed by atoms with van der Waals surface area (Å²) in [6.45, 7) is 1.66. The van der Waals surface area contributed by atoms with Crippen LogP contribution < -0.4 is 15.5 Å². The van der Waals surface area contributed by atoms with Gasteiger partial charge in [0.15, 0.2) is 0 Å². The van der Waals surface area contributed by atoms with Gasteiger partial charge in [0.05, 0.1) is 12.6 Å². The minimum atomic E-state index is -0.141. The van der Waals surface area contributed by atoms with Gasteiger partial charge in [-0.2, -0.15) is 0 Å². The predicted molar refractivity (Wildman–Crippen MR) is 88.4 cm³/mol. The quantitative estimate of drug-likeness (QED) is 0.880. The summed E-state index contributed by atoms with van der Waals surface area (Å²) in [4.78, 5) is 26.1. The zero-order valence-corrected chi connectivity index (χ0v) is 13.3. The monoisotopic (exact) mass is 323 g/mol. The zero-order valence-electron chi connectivity index (χ0n) is 12.5. The van der Waals surface area contributed by atoms with Crippen LogP contribution in [0.2, 0.25) is 0 Å². The van der Waals surface area contributed by atoms with Crippen LogP contribution in [0.5, 0.6) is 0 Å². The predicted octanol–water partition coefficient (Wildman–Crippen LogP) is 1.26. The minimum absolute atomic E-state index is 0. The molecule has 0 bridgehead atoms. The molecule has 1 saturated heterocycles. The molecule has 0 aromatic heterocycles. The van der Waals surface area contributed by atoms with Gasteiger partial charge < -0.3 is 15.5 Å². The number of carbonyl (C=O) groups is 2. The van der Waals surface area contributed by atoms with E-state index in [1.165, 1.54) is 5.56 Å². The van der Waals surface area contributed by atoms with Gasteiger partial charge >= 0.3 is 0 Å². The molecule has 1 aromatic rings. The highest BCUT2D eigenvalue weighted by molar-refractivity contribution is 5.98. The Kier molecular flexibility index (Phi) is 5.80. The van der Waals surface area contributed by atoms with Gasteiger partial charge in [-0.1, -0.05) is 24.6 Å². The van der Waals surface area contributed by atoms with E-state index in [1.54, 1.807) is 4.90 Å². The number of amides is 2. The number of fused-ring (bicyclic) bond motifs is 1. The van der Waals surface area contributed by atoms with E-state index in [0.29, 0.717) is 6.54 Å². The van der Waals surface area contributed by atoms with Crippen LogP contribution in [-0.4, -0.2) is 37.5 Å². The van der Waals surface area contributed by atoms with E-state index in [2.05, 4.69) is 10.6 Å². The number of nitrogens with one attached hydrogen (secondary N) is 2. The molecule has 1 aromatic carbocycles. The number of nitrogens with zero attached hydrogens (tertiary/aromatic N) is 1. The summed E-state index contributed by atoms with van der Waals surface area (Å²) in [5.41, 5.74) is 2.18. The Labute approximate surface area is 136 Å². The second-order valence-corrected chi connectivity index (χ2v) is 5.64. The Hall–Kier alpha value is -1.59. The summed E-state index contributed by atoms with van der Waals surface area (Å²) in [5, 5.41) is 5.96. The summed E-state index contributed by atoms with van der Waals surface area (Å²) in [5.74, 6) is -0.0976. The molecule has 6 heteroatoms. The Morgan fingerprint density at radius 1 is 1.27 bits per heavy atom. The number of hydrogen-bond donors (Lipinski definition) is 2. The van der Waals surface area contributed by atoms with Crippen molar-refractivity contribution in [1.82, 2.24) is 10.6 Å². The number of anilines is 1. The first-order chi connectivity index (χ1) is 10.3. The smallest absolute Gasteiger partial charge is 0.246 e. The van der Waals surface area contributed by atoms with Crippen molar-refractivity contribution < 1.29 is 9.59 Å². The fraction of sp³-hybridized carbons (Fsp3) is 0.500. The van der Waals surface area contributed by atoms with Crippen molar-refractivity contribution in [3.05, 3.63) is 29.8 Å². The topological polar surface area (TPSA) is 61.4 Å². The average Bonchev–Trinajstić information content (AvgIpc) is 2.97. The molecule has 2 aliphatic rings.